The summed E-state index contributed by atoms with van der Waals surface area (Å²) in [5.41, 5.74) is 11.5. The number of hydrogen-bond acceptors (Lipinski definition) is 8. The molecule has 1 atom stereocenters. The number of nitrogen functional groups attached to an aromatic ring is 1. The van der Waals surface area contributed by atoms with Crippen LogP contribution in [0.15, 0.2) is 28.6 Å². The van der Waals surface area contributed by atoms with Crippen molar-refractivity contribution in [1.82, 2.24) is 14.5 Å². The topological polar surface area (TPSA) is 140 Å². The van der Waals surface area contributed by atoms with E-state index in [0.29, 0.717) is 17.5 Å². The first-order chi connectivity index (χ1) is 12.5. The van der Waals surface area contributed by atoms with Gasteiger partial charge in [-0.05, 0) is 6.42 Å². The molecule has 1 fully saturated rings. The van der Waals surface area contributed by atoms with Crippen molar-refractivity contribution in [2.75, 3.05) is 23.7 Å². The van der Waals surface area contributed by atoms with Gasteiger partial charge >= 0.3 is 5.97 Å². The molecule has 0 aromatic carbocycles. The van der Waals surface area contributed by atoms with Crippen LogP contribution in [0.25, 0.3) is 16.2 Å². The second kappa shape index (κ2) is 7.14. The number of hydrogen-bond donors (Lipinski definition) is 3. The van der Waals surface area contributed by atoms with E-state index in [1.165, 1.54) is 22.1 Å². The molecule has 4 heterocycles. The number of nitrogens with two attached hydrogens (primary N) is 2. The first-order valence-corrected chi connectivity index (χ1v) is 8.83. The first-order valence-electron chi connectivity index (χ1n) is 7.95. The number of pyridine rings is 2. The van der Waals surface area contributed by atoms with Crippen LogP contribution in [-0.4, -0.2) is 44.7 Å². The van der Waals surface area contributed by atoms with E-state index in [0.717, 1.165) is 13.0 Å². The Morgan fingerprint density at radius 1 is 1.41 bits per heavy atom. The molecule has 3 aromatic heterocycles. The lowest BCUT2D eigenvalue weighted by atomic mass is 10.1. The second-order valence-corrected chi connectivity index (χ2v) is 7.00. The van der Waals surface area contributed by atoms with Gasteiger partial charge in [0.15, 0.2) is 10.8 Å². The minimum atomic E-state index is -1.32. The monoisotopic (exact) mass is 408 g/mol. The Bertz CT molecular complexity index is 1070. The fourth-order valence-corrected chi connectivity index (χ4v) is 3.74. The normalized spacial score (nSPS) is 16.5. The lowest BCUT2D eigenvalue weighted by Crippen LogP contribution is -2.27. The van der Waals surface area contributed by atoms with Crippen LogP contribution >= 0.6 is 23.7 Å². The summed E-state index contributed by atoms with van der Waals surface area (Å²) in [5.74, 6) is -0.716. The molecule has 0 amide bonds. The van der Waals surface area contributed by atoms with Crippen LogP contribution in [0.2, 0.25) is 0 Å². The van der Waals surface area contributed by atoms with E-state index >= 15 is 0 Å². The highest BCUT2D eigenvalue weighted by Gasteiger charge is 2.24. The van der Waals surface area contributed by atoms with Gasteiger partial charge in [0.2, 0.25) is 5.43 Å². The maximum absolute atomic E-state index is 12.6. The lowest BCUT2D eigenvalue weighted by Gasteiger charge is -2.19. The number of carboxylic acid groups (broad SMARTS) is 1. The maximum Gasteiger partial charge on any atom is 0.341 e. The molecule has 1 aliphatic rings. The third-order valence-electron chi connectivity index (χ3n) is 4.38. The number of fused-ring (bicyclic) bond motifs is 1. The van der Waals surface area contributed by atoms with Gasteiger partial charge in [-0.25, -0.2) is 14.8 Å². The molecule has 3 aromatic rings. The number of aromatic carboxylic acids is 1. The van der Waals surface area contributed by atoms with Gasteiger partial charge in [0.05, 0.1) is 11.1 Å². The van der Waals surface area contributed by atoms with Crippen LogP contribution in [0.3, 0.4) is 0 Å². The van der Waals surface area contributed by atoms with Crippen molar-refractivity contribution in [2.45, 2.75) is 12.5 Å². The number of anilines is 2. The summed E-state index contributed by atoms with van der Waals surface area (Å²) in [6.45, 7) is 1.39. The van der Waals surface area contributed by atoms with Crippen LogP contribution in [0, 0.1) is 0 Å². The summed E-state index contributed by atoms with van der Waals surface area (Å²) in [6, 6.07) is 1.66. The van der Waals surface area contributed by atoms with Crippen LogP contribution in [0.5, 0.6) is 0 Å². The third kappa shape index (κ3) is 3.22. The number of nitrogens with zero attached hydrogens (tertiary/aromatic N) is 4. The van der Waals surface area contributed by atoms with Gasteiger partial charge in [-0.15, -0.1) is 23.7 Å². The summed E-state index contributed by atoms with van der Waals surface area (Å²) in [7, 11) is 0. The van der Waals surface area contributed by atoms with Gasteiger partial charge in [0.1, 0.15) is 11.4 Å². The number of aromatic nitrogens is 3. The SMILES string of the molecule is Cl.Nc1cc(N2CCC(N)C2)nc2c1c(=O)c(C(=O)O)cn2-c1nccs1. The standard InChI is InChI=1S/C16H16N6O3S.ClH/c17-8-1-3-21(6-8)11-5-10(18)12-13(23)9(15(24)25)7-22(14(12)20-11)16-19-2-4-26-16;/h2,4-5,7-8H,1,3,6,17H2,(H2,18,20)(H,24,25);1H. The van der Waals surface area contributed by atoms with Crippen LogP contribution < -0.4 is 21.8 Å². The van der Waals surface area contributed by atoms with Crippen LogP contribution in [0.4, 0.5) is 11.5 Å². The third-order valence-corrected chi connectivity index (χ3v) is 5.15. The smallest absolute Gasteiger partial charge is 0.341 e. The van der Waals surface area contributed by atoms with Crippen molar-refractivity contribution < 1.29 is 9.90 Å². The van der Waals surface area contributed by atoms with Crippen molar-refractivity contribution >= 4 is 52.3 Å². The first kappa shape index (κ1) is 19.1. The number of carboxylic acids is 1. The molecule has 0 saturated carbocycles. The van der Waals surface area contributed by atoms with E-state index in [-0.39, 0.29) is 40.7 Å². The Morgan fingerprint density at radius 3 is 2.78 bits per heavy atom. The van der Waals surface area contributed by atoms with Crippen LogP contribution in [-0.2, 0) is 0 Å². The molecule has 1 saturated heterocycles. The Hall–Kier alpha value is -2.69. The predicted octanol–water partition coefficient (Wildman–Crippen LogP) is 1.08. The largest absolute Gasteiger partial charge is 0.477 e. The minimum absolute atomic E-state index is 0. The van der Waals surface area contributed by atoms with Gasteiger partial charge in [-0.3, -0.25) is 9.36 Å². The lowest BCUT2D eigenvalue weighted by molar-refractivity contribution is 0.0695. The molecule has 11 heteroatoms. The summed E-state index contributed by atoms with van der Waals surface area (Å²) >= 11 is 1.30. The number of carbonyl (C=O) groups is 1. The zero-order valence-electron chi connectivity index (χ0n) is 14.0. The highest BCUT2D eigenvalue weighted by Crippen LogP contribution is 2.27. The van der Waals surface area contributed by atoms with E-state index in [9.17, 15) is 14.7 Å². The van der Waals surface area contributed by atoms with Crippen molar-refractivity contribution in [2.24, 2.45) is 5.73 Å². The molecule has 0 aliphatic carbocycles. The summed E-state index contributed by atoms with van der Waals surface area (Å²) < 4.78 is 1.50. The Balaban J connectivity index is 0.00000210. The molecular weight excluding hydrogens is 392 g/mol. The number of thiazole rings is 1. The molecule has 5 N–H and O–H groups in total. The molecule has 0 bridgehead atoms. The molecule has 1 unspecified atom stereocenters. The molecule has 4 rings (SSSR count). The maximum atomic E-state index is 12.6. The Kier molecular flexibility index (Phi) is 5.05. The van der Waals surface area contributed by atoms with E-state index in [1.54, 1.807) is 17.6 Å². The fourth-order valence-electron chi connectivity index (χ4n) is 3.12. The zero-order chi connectivity index (χ0) is 18.4. The molecular formula is C16H17ClN6O3S. The van der Waals surface area contributed by atoms with Crippen molar-refractivity contribution in [3.05, 3.63) is 39.6 Å². The quantitative estimate of drug-likeness (QED) is 0.584. The molecule has 27 heavy (non-hydrogen) atoms. The highest BCUT2D eigenvalue weighted by atomic mass is 35.5. The molecule has 9 nitrogen and oxygen atoms in total. The summed E-state index contributed by atoms with van der Waals surface area (Å²) in [5, 5.41) is 11.7. The average Bonchev–Trinajstić information content (AvgIpc) is 3.26. The number of halogens is 1. The second-order valence-electron chi connectivity index (χ2n) is 6.12. The van der Waals surface area contributed by atoms with Gasteiger partial charge in [0, 0.05) is 43.0 Å². The molecule has 142 valence electrons. The van der Waals surface area contributed by atoms with Crippen LogP contribution in [0.1, 0.15) is 16.8 Å². The predicted molar refractivity (Wildman–Crippen MR) is 106 cm³/mol. The highest BCUT2D eigenvalue weighted by molar-refractivity contribution is 7.12. The van der Waals surface area contributed by atoms with Gasteiger partial charge in [-0.1, -0.05) is 0 Å². The van der Waals surface area contributed by atoms with Crippen molar-refractivity contribution in [1.29, 1.82) is 0 Å². The minimum Gasteiger partial charge on any atom is -0.477 e. The van der Waals surface area contributed by atoms with E-state index in [4.69, 9.17) is 11.5 Å². The van der Waals surface area contributed by atoms with E-state index in [2.05, 4.69) is 9.97 Å². The molecule has 1 aliphatic heterocycles. The van der Waals surface area contributed by atoms with Crippen molar-refractivity contribution in [3.63, 3.8) is 0 Å². The Morgan fingerprint density at radius 2 is 2.19 bits per heavy atom. The summed E-state index contributed by atoms with van der Waals surface area (Å²) in [4.78, 5) is 34.9. The van der Waals surface area contributed by atoms with Gasteiger partial charge in [0.25, 0.3) is 0 Å². The van der Waals surface area contributed by atoms with Crippen molar-refractivity contribution in [3.8, 4) is 5.13 Å². The van der Waals surface area contributed by atoms with E-state index in [1.807, 2.05) is 4.90 Å². The fraction of sp³-hybridized carbons (Fsp3) is 0.250. The van der Waals surface area contributed by atoms with Gasteiger partial charge in [-0.2, -0.15) is 0 Å². The average molecular weight is 409 g/mol. The molecule has 0 radical (unpaired) electrons. The Labute approximate surface area is 163 Å². The van der Waals surface area contributed by atoms with Gasteiger partial charge < -0.3 is 21.5 Å². The zero-order valence-corrected chi connectivity index (χ0v) is 15.7. The number of rotatable bonds is 3. The summed E-state index contributed by atoms with van der Waals surface area (Å²) in [6.07, 6.45) is 3.69. The molecule has 0 spiro atoms. The van der Waals surface area contributed by atoms with E-state index < -0.39 is 11.4 Å².